The van der Waals surface area contributed by atoms with Crippen molar-refractivity contribution in [2.24, 2.45) is 0 Å². The number of nitrogens with two attached hydrogens (primary N) is 1. The maximum Gasteiger partial charge on any atom is 0.351 e. The van der Waals surface area contributed by atoms with E-state index >= 15 is 0 Å². The van der Waals surface area contributed by atoms with Crippen LogP contribution in [0.2, 0.25) is 0 Å². The quantitative estimate of drug-likeness (QED) is 0.715. The molecule has 0 amide bonds. The number of anilines is 1. The zero-order chi connectivity index (χ0) is 17.4. The second-order valence-electron chi connectivity index (χ2n) is 5.08. The number of hydrogen-bond acceptors (Lipinski definition) is 5. The summed E-state index contributed by atoms with van der Waals surface area (Å²) in [5.74, 6) is 0.158. The lowest BCUT2D eigenvalue weighted by atomic mass is 10.2. The summed E-state index contributed by atoms with van der Waals surface area (Å²) in [6.45, 7) is 8.21. The first kappa shape index (κ1) is 17.7. The van der Waals surface area contributed by atoms with E-state index in [0.717, 1.165) is 5.56 Å². The highest BCUT2D eigenvalue weighted by Crippen LogP contribution is 2.12. The lowest BCUT2D eigenvalue weighted by Crippen LogP contribution is -2.31. The van der Waals surface area contributed by atoms with E-state index in [1.54, 1.807) is 6.08 Å². The van der Waals surface area contributed by atoms with Gasteiger partial charge in [0.2, 0.25) is 0 Å². The Labute approximate surface area is 140 Å². The molecule has 6 nitrogen and oxygen atoms in total. The highest BCUT2D eigenvalue weighted by atomic mass is 16.5. The van der Waals surface area contributed by atoms with Gasteiger partial charge in [0.1, 0.15) is 11.9 Å². The van der Waals surface area contributed by atoms with Gasteiger partial charge < -0.3 is 15.2 Å². The first-order valence-electron chi connectivity index (χ1n) is 7.51. The Morgan fingerprint density at radius 1 is 1.21 bits per heavy atom. The van der Waals surface area contributed by atoms with Gasteiger partial charge in [0.25, 0.3) is 0 Å². The van der Waals surface area contributed by atoms with E-state index in [2.05, 4.69) is 18.1 Å². The van der Waals surface area contributed by atoms with Gasteiger partial charge in [0.15, 0.2) is 6.23 Å². The van der Waals surface area contributed by atoms with E-state index in [1.165, 1.54) is 22.9 Å². The molecule has 24 heavy (non-hydrogen) atoms. The molecule has 2 atom stereocenters. The minimum atomic E-state index is -0.686. The second kappa shape index (κ2) is 8.81. The number of aromatic nitrogens is 2. The number of rotatable bonds is 9. The summed E-state index contributed by atoms with van der Waals surface area (Å²) in [5, 5.41) is 0. The van der Waals surface area contributed by atoms with Crippen LogP contribution in [-0.4, -0.2) is 22.3 Å². The largest absolute Gasteiger partial charge is 0.383 e. The zero-order valence-electron chi connectivity index (χ0n) is 13.4. The molecule has 0 spiro atoms. The SMILES string of the molecule is C=C[C@@H](COCc1ccccc1)O[C@H](C=C)n1ccc(N)nc1=O. The molecule has 0 aliphatic heterocycles. The molecule has 1 aromatic carbocycles. The highest BCUT2D eigenvalue weighted by molar-refractivity contribution is 5.23. The number of ether oxygens (including phenoxy) is 2. The van der Waals surface area contributed by atoms with Crippen LogP contribution in [0.15, 0.2) is 72.7 Å². The Hall–Kier alpha value is -2.70. The molecule has 2 rings (SSSR count). The van der Waals surface area contributed by atoms with Crippen LogP contribution < -0.4 is 11.4 Å². The minimum Gasteiger partial charge on any atom is -0.383 e. The Kier molecular flexibility index (Phi) is 6.48. The maximum atomic E-state index is 11.9. The molecule has 1 aromatic heterocycles. The van der Waals surface area contributed by atoms with Crippen molar-refractivity contribution in [3.05, 3.63) is 84.0 Å². The molecule has 0 aliphatic carbocycles. The summed E-state index contributed by atoms with van der Waals surface area (Å²) in [7, 11) is 0. The normalized spacial score (nSPS) is 13.2. The third-order valence-corrected chi connectivity index (χ3v) is 3.30. The van der Waals surface area contributed by atoms with E-state index in [4.69, 9.17) is 15.2 Å². The van der Waals surface area contributed by atoms with Crippen molar-refractivity contribution in [1.82, 2.24) is 9.55 Å². The van der Waals surface area contributed by atoms with E-state index in [-0.39, 0.29) is 5.82 Å². The molecule has 6 heteroatoms. The molecule has 0 saturated heterocycles. The molecule has 0 fully saturated rings. The molecule has 126 valence electrons. The summed E-state index contributed by atoms with van der Waals surface area (Å²) in [5.41, 5.74) is 6.05. The Morgan fingerprint density at radius 2 is 1.96 bits per heavy atom. The van der Waals surface area contributed by atoms with Crippen molar-refractivity contribution in [2.45, 2.75) is 18.9 Å². The molecule has 0 radical (unpaired) electrons. The van der Waals surface area contributed by atoms with Gasteiger partial charge in [-0.1, -0.05) is 43.0 Å². The monoisotopic (exact) mass is 327 g/mol. The third kappa shape index (κ3) is 4.91. The number of hydrogen-bond donors (Lipinski definition) is 1. The van der Waals surface area contributed by atoms with E-state index in [9.17, 15) is 4.79 Å². The molecule has 0 aliphatic rings. The highest BCUT2D eigenvalue weighted by Gasteiger charge is 2.15. The summed E-state index contributed by atoms with van der Waals surface area (Å²) < 4.78 is 12.8. The van der Waals surface area contributed by atoms with E-state index in [1.807, 2.05) is 30.3 Å². The van der Waals surface area contributed by atoms with Gasteiger partial charge in [0, 0.05) is 6.20 Å². The van der Waals surface area contributed by atoms with Crippen molar-refractivity contribution in [3.8, 4) is 0 Å². The Morgan fingerprint density at radius 3 is 2.58 bits per heavy atom. The smallest absolute Gasteiger partial charge is 0.351 e. The van der Waals surface area contributed by atoms with Gasteiger partial charge in [-0.15, -0.1) is 6.58 Å². The van der Waals surface area contributed by atoms with Gasteiger partial charge in [0.05, 0.1) is 13.2 Å². The van der Waals surface area contributed by atoms with Crippen molar-refractivity contribution in [3.63, 3.8) is 0 Å². The minimum absolute atomic E-state index is 0.158. The van der Waals surface area contributed by atoms with Gasteiger partial charge >= 0.3 is 5.69 Å². The van der Waals surface area contributed by atoms with E-state index in [0.29, 0.717) is 13.2 Å². The van der Waals surface area contributed by atoms with Crippen molar-refractivity contribution in [2.75, 3.05) is 12.3 Å². The molecular weight excluding hydrogens is 306 g/mol. The molecule has 0 saturated carbocycles. The summed E-state index contributed by atoms with van der Waals surface area (Å²) >= 11 is 0. The van der Waals surface area contributed by atoms with Gasteiger partial charge in [-0.25, -0.2) is 4.79 Å². The van der Waals surface area contributed by atoms with Gasteiger partial charge in [-0.05, 0) is 17.7 Å². The zero-order valence-corrected chi connectivity index (χ0v) is 13.4. The molecule has 0 unspecified atom stereocenters. The predicted molar refractivity (Wildman–Crippen MR) is 93.3 cm³/mol. The predicted octanol–water partition coefficient (Wildman–Crippen LogP) is 2.30. The Balaban J connectivity index is 1.95. The van der Waals surface area contributed by atoms with Crippen LogP contribution in [0.4, 0.5) is 5.82 Å². The topological polar surface area (TPSA) is 79.4 Å². The molecule has 2 aromatic rings. The van der Waals surface area contributed by atoms with Crippen LogP contribution >= 0.6 is 0 Å². The summed E-state index contributed by atoms with van der Waals surface area (Å²) in [6.07, 6.45) is 3.56. The lowest BCUT2D eigenvalue weighted by Gasteiger charge is -2.21. The molecule has 0 bridgehead atoms. The molecule has 1 heterocycles. The summed E-state index contributed by atoms with van der Waals surface area (Å²) in [6, 6.07) is 11.3. The fourth-order valence-electron chi connectivity index (χ4n) is 2.06. The van der Waals surface area contributed by atoms with Gasteiger partial charge in [-0.3, -0.25) is 4.57 Å². The van der Waals surface area contributed by atoms with Gasteiger partial charge in [-0.2, -0.15) is 4.98 Å². The van der Waals surface area contributed by atoms with Crippen molar-refractivity contribution in [1.29, 1.82) is 0 Å². The number of nitrogens with zero attached hydrogens (tertiary/aromatic N) is 2. The van der Waals surface area contributed by atoms with Crippen LogP contribution in [0.25, 0.3) is 0 Å². The van der Waals surface area contributed by atoms with Crippen molar-refractivity contribution < 1.29 is 9.47 Å². The summed E-state index contributed by atoms with van der Waals surface area (Å²) in [4.78, 5) is 15.6. The van der Waals surface area contributed by atoms with Crippen LogP contribution in [0.1, 0.15) is 11.8 Å². The number of nitrogen functional groups attached to an aromatic ring is 1. The maximum absolute atomic E-state index is 11.9. The molecule has 2 N–H and O–H groups in total. The fraction of sp³-hybridized carbons (Fsp3) is 0.222. The first-order chi connectivity index (χ1) is 11.6. The molecular formula is C18H21N3O3. The second-order valence-corrected chi connectivity index (χ2v) is 5.08. The standard InChI is InChI=1S/C18H21N3O3/c1-3-15(13-23-12-14-8-6-5-7-9-14)24-17(4-2)21-11-10-16(19)20-18(21)22/h3-11,15,17H,1-2,12-13H2,(H2,19,20,22)/t15-,17+/m0/s1. The van der Waals surface area contributed by atoms with Crippen LogP contribution in [0.5, 0.6) is 0 Å². The van der Waals surface area contributed by atoms with Crippen LogP contribution in [0.3, 0.4) is 0 Å². The first-order valence-corrected chi connectivity index (χ1v) is 7.51. The van der Waals surface area contributed by atoms with Crippen LogP contribution in [-0.2, 0) is 16.1 Å². The average molecular weight is 327 g/mol. The average Bonchev–Trinajstić information content (AvgIpc) is 2.59. The fourth-order valence-corrected chi connectivity index (χ4v) is 2.06. The van der Waals surface area contributed by atoms with E-state index < -0.39 is 18.0 Å². The Bertz CT molecular complexity index is 728. The lowest BCUT2D eigenvalue weighted by molar-refractivity contribution is -0.0489. The third-order valence-electron chi connectivity index (χ3n) is 3.30. The van der Waals surface area contributed by atoms with Crippen molar-refractivity contribution >= 4 is 5.82 Å². The number of benzene rings is 1. The van der Waals surface area contributed by atoms with Crippen LogP contribution in [0, 0.1) is 0 Å².